The number of hydrogen-bond acceptors (Lipinski definition) is 4. The van der Waals surface area contributed by atoms with E-state index in [1.165, 1.54) is 0 Å². The number of hydrogen-bond donors (Lipinski definition) is 1. The molecule has 2 rings (SSSR count). The van der Waals surface area contributed by atoms with Gasteiger partial charge in [0.2, 0.25) is 5.91 Å². The van der Waals surface area contributed by atoms with Gasteiger partial charge in [0.25, 0.3) is 5.91 Å². The van der Waals surface area contributed by atoms with Crippen molar-refractivity contribution in [3.8, 4) is 5.75 Å². The summed E-state index contributed by atoms with van der Waals surface area (Å²) >= 11 is 0. The van der Waals surface area contributed by atoms with Gasteiger partial charge in [0.1, 0.15) is 11.8 Å². The van der Waals surface area contributed by atoms with E-state index in [0.29, 0.717) is 30.9 Å². The molecule has 6 heteroatoms. The number of para-hydroxylation sites is 1. The summed E-state index contributed by atoms with van der Waals surface area (Å²) in [4.78, 5) is 28.2. The molecule has 114 valence electrons. The number of methoxy groups -OCH3 is 1. The van der Waals surface area contributed by atoms with Crippen molar-refractivity contribution < 1.29 is 14.3 Å². The third kappa shape index (κ3) is 3.16. The lowest BCUT2D eigenvalue weighted by atomic mass is 10.1. The Labute approximate surface area is 124 Å². The number of amides is 2. The highest BCUT2D eigenvalue weighted by atomic mass is 16.5. The lowest BCUT2D eigenvalue weighted by Crippen LogP contribution is -2.58. The van der Waals surface area contributed by atoms with Crippen LogP contribution in [0.25, 0.3) is 0 Å². The van der Waals surface area contributed by atoms with E-state index >= 15 is 0 Å². The van der Waals surface area contributed by atoms with Gasteiger partial charge >= 0.3 is 0 Å². The molecule has 1 aromatic carbocycles. The molecule has 0 spiro atoms. The van der Waals surface area contributed by atoms with Gasteiger partial charge in [0.15, 0.2) is 0 Å². The SMILES string of the molecule is CNC(=O)[C@@H]1CN(C(=O)c2ccccc2OC)CCN1C. The zero-order valence-corrected chi connectivity index (χ0v) is 12.6. The maximum absolute atomic E-state index is 12.6. The molecule has 1 atom stereocenters. The van der Waals surface area contributed by atoms with Gasteiger partial charge in [-0.05, 0) is 19.2 Å². The van der Waals surface area contributed by atoms with Crippen molar-refractivity contribution in [1.82, 2.24) is 15.1 Å². The van der Waals surface area contributed by atoms with Crippen LogP contribution >= 0.6 is 0 Å². The molecular weight excluding hydrogens is 270 g/mol. The lowest BCUT2D eigenvalue weighted by molar-refractivity contribution is -0.127. The second-order valence-corrected chi connectivity index (χ2v) is 5.06. The van der Waals surface area contributed by atoms with Crippen molar-refractivity contribution in [3.63, 3.8) is 0 Å². The van der Waals surface area contributed by atoms with Crippen LogP contribution in [-0.4, -0.2) is 68.5 Å². The van der Waals surface area contributed by atoms with Gasteiger partial charge in [-0.2, -0.15) is 0 Å². The highest BCUT2D eigenvalue weighted by molar-refractivity contribution is 5.97. The number of nitrogens with zero attached hydrogens (tertiary/aromatic N) is 2. The van der Waals surface area contributed by atoms with Gasteiger partial charge < -0.3 is 15.0 Å². The fourth-order valence-electron chi connectivity index (χ4n) is 2.50. The first kappa shape index (κ1) is 15.3. The Morgan fingerprint density at radius 2 is 2.00 bits per heavy atom. The second kappa shape index (κ2) is 6.58. The Hall–Kier alpha value is -2.08. The van der Waals surface area contributed by atoms with Gasteiger partial charge in [0.05, 0.1) is 12.7 Å². The third-order valence-corrected chi connectivity index (χ3v) is 3.82. The van der Waals surface area contributed by atoms with Crippen LogP contribution in [0.5, 0.6) is 5.75 Å². The quantitative estimate of drug-likeness (QED) is 0.864. The minimum atomic E-state index is -0.317. The molecule has 1 N–H and O–H groups in total. The molecule has 6 nitrogen and oxygen atoms in total. The van der Waals surface area contributed by atoms with Crippen LogP contribution in [0.4, 0.5) is 0 Å². The largest absolute Gasteiger partial charge is 0.496 e. The summed E-state index contributed by atoms with van der Waals surface area (Å²) in [6, 6.07) is 6.82. The zero-order chi connectivity index (χ0) is 15.4. The summed E-state index contributed by atoms with van der Waals surface area (Å²) in [7, 11) is 5.05. The maximum Gasteiger partial charge on any atom is 0.257 e. The Morgan fingerprint density at radius 3 is 2.67 bits per heavy atom. The molecule has 0 aromatic heterocycles. The van der Waals surface area contributed by atoms with Crippen LogP contribution in [0.3, 0.4) is 0 Å². The molecule has 0 aliphatic carbocycles. The molecule has 0 radical (unpaired) electrons. The first-order chi connectivity index (χ1) is 10.1. The number of carbonyl (C=O) groups is 2. The first-order valence-corrected chi connectivity index (χ1v) is 6.92. The number of piperazine rings is 1. The van der Waals surface area contributed by atoms with E-state index in [-0.39, 0.29) is 17.9 Å². The average Bonchev–Trinajstić information content (AvgIpc) is 2.53. The predicted octanol–water partition coefficient (Wildman–Crippen LogP) is 0.197. The summed E-state index contributed by atoms with van der Waals surface area (Å²) in [5, 5.41) is 2.64. The summed E-state index contributed by atoms with van der Waals surface area (Å²) in [5.74, 6) is 0.377. The molecule has 1 saturated heterocycles. The van der Waals surface area contributed by atoms with Crippen molar-refractivity contribution in [2.24, 2.45) is 0 Å². The number of ether oxygens (including phenoxy) is 1. The maximum atomic E-state index is 12.6. The van der Waals surface area contributed by atoms with Gasteiger partial charge in [-0.25, -0.2) is 0 Å². The molecule has 21 heavy (non-hydrogen) atoms. The van der Waals surface area contributed by atoms with Gasteiger partial charge in [0, 0.05) is 26.7 Å². The van der Waals surface area contributed by atoms with Crippen molar-refractivity contribution in [2.75, 3.05) is 40.8 Å². The number of benzene rings is 1. The number of nitrogens with one attached hydrogen (secondary N) is 1. The molecule has 0 saturated carbocycles. The van der Waals surface area contributed by atoms with Gasteiger partial charge in [-0.3, -0.25) is 14.5 Å². The van der Waals surface area contributed by atoms with Crippen LogP contribution < -0.4 is 10.1 Å². The Bertz CT molecular complexity index is 533. The first-order valence-electron chi connectivity index (χ1n) is 6.92. The van der Waals surface area contributed by atoms with Crippen molar-refractivity contribution in [3.05, 3.63) is 29.8 Å². The summed E-state index contributed by atoms with van der Waals surface area (Å²) < 4.78 is 5.24. The third-order valence-electron chi connectivity index (χ3n) is 3.82. The molecule has 0 bridgehead atoms. The van der Waals surface area contributed by atoms with Crippen LogP contribution in [0.15, 0.2) is 24.3 Å². The van der Waals surface area contributed by atoms with E-state index in [1.807, 2.05) is 24.1 Å². The highest BCUT2D eigenvalue weighted by Gasteiger charge is 2.32. The fourth-order valence-corrected chi connectivity index (χ4v) is 2.50. The monoisotopic (exact) mass is 291 g/mol. The van der Waals surface area contributed by atoms with Crippen LogP contribution in [0.2, 0.25) is 0 Å². The van der Waals surface area contributed by atoms with E-state index in [1.54, 1.807) is 31.2 Å². The average molecular weight is 291 g/mol. The highest BCUT2D eigenvalue weighted by Crippen LogP contribution is 2.21. The molecule has 1 aliphatic rings. The Kier molecular flexibility index (Phi) is 4.80. The number of likely N-dealkylation sites (N-methyl/N-ethyl adjacent to an activating group) is 2. The molecule has 0 unspecified atom stereocenters. The van der Waals surface area contributed by atoms with E-state index in [4.69, 9.17) is 4.74 Å². The standard InChI is InChI=1S/C15H21N3O3/c1-16-14(19)12-10-18(9-8-17(12)2)15(20)11-6-4-5-7-13(11)21-3/h4-7,12H,8-10H2,1-3H3,(H,16,19)/t12-/m0/s1. The summed E-state index contributed by atoms with van der Waals surface area (Å²) in [5.41, 5.74) is 0.528. The van der Waals surface area contributed by atoms with E-state index in [2.05, 4.69) is 5.32 Å². The second-order valence-electron chi connectivity index (χ2n) is 5.06. The molecule has 1 heterocycles. The van der Waals surface area contributed by atoms with Crippen molar-refractivity contribution in [2.45, 2.75) is 6.04 Å². The normalized spacial score (nSPS) is 19.2. The lowest BCUT2D eigenvalue weighted by Gasteiger charge is -2.38. The topological polar surface area (TPSA) is 61.9 Å². The smallest absolute Gasteiger partial charge is 0.257 e. The molecular formula is C15H21N3O3. The minimum absolute atomic E-state index is 0.0740. The van der Waals surface area contributed by atoms with Crippen molar-refractivity contribution >= 4 is 11.8 Å². The minimum Gasteiger partial charge on any atom is -0.496 e. The van der Waals surface area contributed by atoms with Crippen LogP contribution in [0, 0.1) is 0 Å². The Morgan fingerprint density at radius 1 is 1.29 bits per heavy atom. The van der Waals surface area contributed by atoms with E-state index < -0.39 is 0 Å². The van der Waals surface area contributed by atoms with E-state index in [9.17, 15) is 9.59 Å². The van der Waals surface area contributed by atoms with Crippen molar-refractivity contribution in [1.29, 1.82) is 0 Å². The molecule has 1 aliphatic heterocycles. The molecule has 1 fully saturated rings. The van der Waals surface area contributed by atoms with Gasteiger partial charge in [-0.15, -0.1) is 0 Å². The molecule has 1 aromatic rings. The predicted molar refractivity (Wildman–Crippen MR) is 79.4 cm³/mol. The number of carbonyl (C=O) groups excluding carboxylic acids is 2. The van der Waals surface area contributed by atoms with Crippen LogP contribution in [0.1, 0.15) is 10.4 Å². The summed E-state index contributed by atoms with van der Waals surface area (Å²) in [6.07, 6.45) is 0. The molecule has 2 amide bonds. The fraction of sp³-hybridized carbons (Fsp3) is 0.467. The van der Waals surface area contributed by atoms with E-state index in [0.717, 1.165) is 0 Å². The zero-order valence-electron chi connectivity index (χ0n) is 12.6. The van der Waals surface area contributed by atoms with Crippen LogP contribution in [-0.2, 0) is 4.79 Å². The Balaban J connectivity index is 2.18. The summed E-state index contributed by atoms with van der Waals surface area (Å²) in [6.45, 7) is 1.65. The van der Waals surface area contributed by atoms with Gasteiger partial charge in [-0.1, -0.05) is 12.1 Å². The number of rotatable bonds is 3.